The fraction of sp³-hybridized carbons (Fsp3) is 1.00. The molecule has 76 valence electrons. The highest BCUT2D eigenvalue weighted by atomic mass is 35.5. The van der Waals surface area contributed by atoms with Gasteiger partial charge in [-0.25, -0.2) is 0 Å². The summed E-state index contributed by atoms with van der Waals surface area (Å²) in [6, 6.07) is 0. The molecule has 1 aliphatic rings. The number of nitrogens with zero attached hydrogens (tertiary/aromatic N) is 1. The normalized spacial score (nSPS) is 17.8. The first-order valence-electron chi connectivity index (χ1n) is 4.26. The molecule has 0 aromatic rings. The molecule has 0 aromatic heterocycles. The van der Waals surface area contributed by atoms with Crippen molar-refractivity contribution < 1.29 is 10.6 Å². The van der Waals surface area contributed by atoms with Gasteiger partial charge in [-0.3, -0.25) is 0 Å². The molecular weight excluding hydrogens is 178 g/mol. The van der Waals surface area contributed by atoms with Gasteiger partial charge in [0.2, 0.25) is 0 Å². The van der Waals surface area contributed by atoms with Gasteiger partial charge in [0.25, 0.3) is 0 Å². The predicted octanol–water partition coefficient (Wildman–Crippen LogP) is 0.452. The van der Waals surface area contributed by atoms with E-state index in [4.69, 9.17) is 5.11 Å². The molecule has 1 rings (SSSR count). The lowest BCUT2D eigenvalue weighted by Crippen LogP contribution is -2.30. The molecule has 0 radical (unpaired) electrons. The van der Waals surface area contributed by atoms with Gasteiger partial charge in [-0.15, -0.1) is 12.4 Å². The van der Waals surface area contributed by atoms with Crippen LogP contribution >= 0.6 is 12.4 Å². The molecule has 1 fully saturated rings. The van der Waals surface area contributed by atoms with Gasteiger partial charge in [-0.05, 0) is 32.4 Å². The molecule has 3 nitrogen and oxygen atoms in total. The van der Waals surface area contributed by atoms with E-state index in [1.54, 1.807) is 0 Å². The second-order valence-corrected chi connectivity index (χ2v) is 2.98. The lowest BCUT2D eigenvalue weighted by Gasteiger charge is -2.25. The highest BCUT2D eigenvalue weighted by molar-refractivity contribution is 5.85. The van der Waals surface area contributed by atoms with Crippen LogP contribution < -0.4 is 0 Å². The van der Waals surface area contributed by atoms with Crippen LogP contribution in [0.4, 0.5) is 0 Å². The van der Waals surface area contributed by atoms with E-state index in [1.807, 2.05) is 0 Å². The molecule has 0 aromatic carbocycles. The van der Waals surface area contributed by atoms with Gasteiger partial charge in [0, 0.05) is 13.2 Å². The van der Waals surface area contributed by atoms with Crippen LogP contribution in [0.15, 0.2) is 0 Å². The van der Waals surface area contributed by atoms with Crippen LogP contribution in [0.1, 0.15) is 25.7 Å². The minimum Gasteiger partial charge on any atom is -0.412 e. The first-order valence-corrected chi connectivity index (χ1v) is 4.26. The van der Waals surface area contributed by atoms with E-state index in [0.717, 1.165) is 13.0 Å². The van der Waals surface area contributed by atoms with Crippen molar-refractivity contribution >= 4 is 12.4 Å². The molecule has 1 saturated heterocycles. The average molecular weight is 198 g/mol. The summed E-state index contributed by atoms with van der Waals surface area (Å²) in [4.78, 5) is 2.44. The van der Waals surface area contributed by atoms with E-state index in [2.05, 4.69) is 4.90 Å². The molecule has 1 heterocycles. The first-order chi connectivity index (χ1) is 4.93. The standard InChI is InChI=1S/C8H17NO.ClH.H2O/c10-8-4-7-9-5-2-1-3-6-9;;/h10H,1-8H2;1H;1H2. The third-order valence-corrected chi connectivity index (χ3v) is 2.08. The number of hydrogen-bond acceptors (Lipinski definition) is 2. The van der Waals surface area contributed by atoms with Crippen molar-refractivity contribution in [3.05, 3.63) is 0 Å². The molecular formula is C8H20ClNO2. The van der Waals surface area contributed by atoms with Gasteiger partial charge in [-0.2, -0.15) is 0 Å². The molecule has 0 aliphatic carbocycles. The van der Waals surface area contributed by atoms with Gasteiger partial charge in [0.15, 0.2) is 0 Å². The molecule has 0 atom stereocenters. The molecule has 0 spiro atoms. The largest absolute Gasteiger partial charge is 0.412 e. The van der Waals surface area contributed by atoms with Gasteiger partial charge in [0.1, 0.15) is 0 Å². The lowest BCUT2D eigenvalue weighted by molar-refractivity contribution is 0.198. The third kappa shape index (κ3) is 5.77. The maximum Gasteiger partial charge on any atom is 0.0443 e. The van der Waals surface area contributed by atoms with Crippen molar-refractivity contribution in [1.29, 1.82) is 0 Å². The van der Waals surface area contributed by atoms with Crippen molar-refractivity contribution in [2.45, 2.75) is 25.7 Å². The quantitative estimate of drug-likeness (QED) is 0.715. The smallest absolute Gasteiger partial charge is 0.0443 e. The highest BCUT2D eigenvalue weighted by Crippen LogP contribution is 2.08. The number of rotatable bonds is 3. The van der Waals surface area contributed by atoms with Crippen molar-refractivity contribution in [2.75, 3.05) is 26.2 Å². The Hall–Kier alpha value is 0.170. The molecule has 12 heavy (non-hydrogen) atoms. The summed E-state index contributed by atoms with van der Waals surface area (Å²) in [5.41, 5.74) is 0. The Kier molecular flexibility index (Phi) is 11.3. The summed E-state index contributed by atoms with van der Waals surface area (Å²) in [6.07, 6.45) is 5.05. The minimum absolute atomic E-state index is 0. The monoisotopic (exact) mass is 197 g/mol. The van der Waals surface area contributed by atoms with Crippen LogP contribution in [-0.2, 0) is 0 Å². The summed E-state index contributed by atoms with van der Waals surface area (Å²) in [5.74, 6) is 0. The number of halogens is 1. The molecule has 1 aliphatic heterocycles. The molecule has 0 saturated carbocycles. The third-order valence-electron chi connectivity index (χ3n) is 2.08. The molecule has 0 bridgehead atoms. The summed E-state index contributed by atoms with van der Waals surface area (Å²) in [5, 5.41) is 8.57. The molecule has 3 N–H and O–H groups in total. The highest BCUT2D eigenvalue weighted by Gasteiger charge is 2.07. The Balaban J connectivity index is 0. The minimum atomic E-state index is 0. The first kappa shape index (κ1) is 14.7. The fourth-order valence-electron chi connectivity index (χ4n) is 1.48. The van der Waals surface area contributed by atoms with Crippen LogP contribution in [0.25, 0.3) is 0 Å². The Morgan fingerprint density at radius 1 is 1.08 bits per heavy atom. The van der Waals surface area contributed by atoms with Crippen LogP contribution in [0.5, 0.6) is 0 Å². The van der Waals surface area contributed by atoms with Crippen LogP contribution in [-0.4, -0.2) is 41.7 Å². The van der Waals surface area contributed by atoms with Gasteiger partial charge in [0.05, 0.1) is 0 Å². The zero-order valence-corrected chi connectivity index (χ0v) is 8.28. The number of aliphatic hydroxyl groups excluding tert-OH is 1. The SMILES string of the molecule is Cl.O.OCCCN1CCCCC1. The van der Waals surface area contributed by atoms with Crippen molar-refractivity contribution in [3.63, 3.8) is 0 Å². The van der Waals surface area contributed by atoms with Crippen molar-refractivity contribution in [3.8, 4) is 0 Å². The van der Waals surface area contributed by atoms with E-state index in [9.17, 15) is 0 Å². The van der Waals surface area contributed by atoms with Crippen LogP contribution in [0, 0.1) is 0 Å². The second-order valence-electron chi connectivity index (χ2n) is 2.98. The Labute approximate surface area is 80.5 Å². The van der Waals surface area contributed by atoms with E-state index in [1.165, 1.54) is 32.4 Å². The maximum absolute atomic E-state index is 8.57. The topological polar surface area (TPSA) is 55.0 Å². The second kappa shape index (κ2) is 9.26. The zero-order chi connectivity index (χ0) is 7.23. The maximum atomic E-state index is 8.57. The number of likely N-dealkylation sites (tertiary alicyclic amines) is 1. The molecule has 4 heteroatoms. The number of piperidine rings is 1. The molecule has 0 unspecified atom stereocenters. The predicted molar refractivity (Wildman–Crippen MR) is 52.9 cm³/mol. The molecule has 0 amide bonds. The Morgan fingerprint density at radius 2 is 1.67 bits per heavy atom. The Bertz CT molecular complexity index is 87.1. The number of hydrogen-bond donors (Lipinski definition) is 1. The van der Waals surface area contributed by atoms with Crippen molar-refractivity contribution in [2.24, 2.45) is 0 Å². The average Bonchev–Trinajstić information content (AvgIpc) is 2.03. The van der Waals surface area contributed by atoms with Crippen molar-refractivity contribution in [1.82, 2.24) is 4.90 Å². The van der Waals surface area contributed by atoms with Gasteiger partial charge in [-0.1, -0.05) is 6.42 Å². The summed E-state index contributed by atoms with van der Waals surface area (Å²) < 4.78 is 0. The van der Waals surface area contributed by atoms with Crippen LogP contribution in [0.3, 0.4) is 0 Å². The van der Waals surface area contributed by atoms with E-state index in [-0.39, 0.29) is 17.9 Å². The lowest BCUT2D eigenvalue weighted by atomic mass is 10.1. The zero-order valence-electron chi connectivity index (χ0n) is 7.46. The summed E-state index contributed by atoms with van der Waals surface area (Å²) in [7, 11) is 0. The van der Waals surface area contributed by atoms with E-state index in [0.29, 0.717) is 6.61 Å². The fourth-order valence-corrected chi connectivity index (χ4v) is 1.48. The van der Waals surface area contributed by atoms with Gasteiger partial charge >= 0.3 is 0 Å². The van der Waals surface area contributed by atoms with E-state index < -0.39 is 0 Å². The van der Waals surface area contributed by atoms with Gasteiger partial charge < -0.3 is 15.5 Å². The summed E-state index contributed by atoms with van der Waals surface area (Å²) >= 11 is 0. The van der Waals surface area contributed by atoms with Crippen LogP contribution in [0.2, 0.25) is 0 Å². The summed E-state index contributed by atoms with van der Waals surface area (Å²) in [6.45, 7) is 3.94. The van der Waals surface area contributed by atoms with E-state index >= 15 is 0 Å². The Morgan fingerprint density at radius 3 is 2.17 bits per heavy atom. The number of aliphatic hydroxyl groups is 1.